The van der Waals surface area contributed by atoms with Crippen LogP contribution in [0, 0.1) is 5.92 Å². The van der Waals surface area contributed by atoms with E-state index in [1.54, 1.807) is 4.90 Å². The average Bonchev–Trinajstić information content (AvgIpc) is 2.48. The highest BCUT2D eigenvalue weighted by molar-refractivity contribution is 5.71. The van der Waals surface area contributed by atoms with Crippen molar-refractivity contribution in [2.45, 2.75) is 51.2 Å². The van der Waals surface area contributed by atoms with E-state index in [0.29, 0.717) is 6.54 Å². The summed E-state index contributed by atoms with van der Waals surface area (Å²) in [5.41, 5.74) is 0. The summed E-state index contributed by atoms with van der Waals surface area (Å²) in [7, 11) is 0. The third-order valence-corrected chi connectivity index (χ3v) is 3.58. The van der Waals surface area contributed by atoms with Gasteiger partial charge in [-0.3, -0.25) is 9.69 Å². The van der Waals surface area contributed by atoms with Crippen LogP contribution in [0.5, 0.6) is 0 Å². The molecule has 0 aliphatic carbocycles. The Bertz CT molecular complexity index is 281. The zero-order valence-electron chi connectivity index (χ0n) is 10.5. The molecule has 0 aromatic heterocycles. The summed E-state index contributed by atoms with van der Waals surface area (Å²) in [6.45, 7) is 2.09. The van der Waals surface area contributed by atoms with E-state index in [2.05, 4.69) is 0 Å². The molecular formula is C12H20F3NO2. The van der Waals surface area contributed by atoms with Crippen LogP contribution >= 0.6 is 0 Å². The fourth-order valence-corrected chi connectivity index (χ4v) is 2.50. The van der Waals surface area contributed by atoms with E-state index < -0.39 is 24.6 Å². The van der Waals surface area contributed by atoms with Crippen LogP contribution in [0.1, 0.15) is 39.0 Å². The predicted octanol–water partition coefficient (Wildman–Crippen LogP) is 2.90. The van der Waals surface area contributed by atoms with Gasteiger partial charge in [0.25, 0.3) is 0 Å². The summed E-state index contributed by atoms with van der Waals surface area (Å²) in [4.78, 5) is 12.5. The molecule has 18 heavy (non-hydrogen) atoms. The lowest BCUT2D eigenvalue weighted by molar-refractivity contribution is -0.197. The van der Waals surface area contributed by atoms with E-state index in [0.717, 1.165) is 32.1 Å². The Morgan fingerprint density at radius 1 is 1.39 bits per heavy atom. The van der Waals surface area contributed by atoms with Gasteiger partial charge in [0.15, 0.2) is 5.92 Å². The van der Waals surface area contributed by atoms with Gasteiger partial charge in [-0.2, -0.15) is 13.2 Å². The number of carboxylic acids is 1. The highest BCUT2D eigenvalue weighted by Crippen LogP contribution is 2.29. The molecule has 1 aliphatic heterocycles. The number of hydrogen-bond acceptors (Lipinski definition) is 2. The topological polar surface area (TPSA) is 40.5 Å². The van der Waals surface area contributed by atoms with Gasteiger partial charge >= 0.3 is 12.1 Å². The molecule has 1 aliphatic rings. The quantitative estimate of drug-likeness (QED) is 0.851. The molecule has 2 atom stereocenters. The van der Waals surface area contributed by atoms with Crippen molar-refractivity contribution in [2.24, 2.45) is 5.92 Å². The summed E-state index contributed by atoms with van der Waals surface area (Å²) in [6, 6.07) is 0.0803. The molecule has 6 heteroatoms. The maximum atomic E-state index is 12.7. The number of halogens is 3. The normalized spacial score (nSPS) is 24.6. The van der Waals surface area contributed by atoms with Crippen molar-refractivity contribution in [3.05, 3.63) is 0 Å². The van der Waals surface area contributed by atoms with Crippen molar-refractivity contribution in [3.8, 4) is 0 Å². The summed E-state index contributed by atoms with van der Waals surface area (Å²) in [5.74, 6) is -4.05. The van der Waals surface area contributed by atoms with E-state index >= 15 is 0 Å². The van der Waals surface area contributed by atoms with Gasteiger partial charge < -0.3 is 5.11 Å². The number of carbonyl (C=O) groups is 1. The first-order chi connectivity index (χ1) is 8.36. The van der Waals surface area contributed by atoms with E-state index in [1.165, 1.54) is 0 Å². The maximum Gasteiger partial charge on any atom is 0.403 e. The second-order valence-electron chi connectivity index (χ2n) is 4.84. The molecule has 1 heterocycles. The fraction of sp³-hybridized carbons (Fsp3) is 0.917. The minimum Gasteiger partial charge on any atom is -0.481 e. The molecule has 0 saturated carbocycles. The third kappa shape index (κ3) is 4.15. The first kappa shape index (κ1) is 15.3. The SMILES string of the molecule is CCC1CCCCCN1CC(C(=O)O)C(F)(F)F. The van der Waals surface area contributed by atoms with Crippen molar-refractivity contribution < 1.29 is 23.1 Å². The number of nitrogens with zero attached hydrogens (tertiary/aromatic N) is 1. The van der Waals surface area contributed by atoms with E-state index in [4.69, 9.17) is 5.11 Å². The first-order valence-corrected chi connectivity index (χ1v) is 6.39. The summed E-state index contributed by atoms with van der Waals surface area (Å²) >= 11 is 0. The van der Waals surface area contributed by atoms with Crippen molar-refractivity contribution in [1.29, 1.82) is 0 Å². The second-order valence-corrected chi connectivity index (χ2v) is 4.84. The third-order valence-electron chi connectivity index (χ3n) is 3.58. The number of likely N-dealkylation sites (tertiary alicyclic amines) is 1. The average molecular weight is 267 g/mol. The van der Waals surface area contributed by atoms with Gasteiger partial charge in [0.05, 0.1) is 0 Å². The van der Waals surface area contributed by atoms with Gasteiger partial charge in [-0.1, -0.05) is 19.8 Å². The number of rotatable bonds is 4. The zero-order valence-corrected chi connectivity index (χ0v) is 10.5. The largest absolute Gasteiger partial charge is 0.481 e. The molecule has 2 unspecified atom stereocenters. The Kier molecular flexibility index (Phi) is 5.44. The predicted molar refractivity (Wildman–Crippen MR) is 61.3 cm³/mol. The van der Waals surface area contributed by atoms with Crippen LogP contribution in [0.25, 0.3) is 0 Å². The molecule has 0 radical (unpaired) electrons. The number of carboxylic acid groups (broad SMARTS) is 1. The number of alkyl halides is 3. The van der Waals surface area contributed by atoms with Gasteiger partial charge in [-0.05, 0) is 25.8 Å². The van der Waals surface area contributed by atoms with E-state index in [9.17, 15) is 18.0 Å². The molecule has 1 saturated heterocycles. The van der Waals surface area contributed by atoms with Crippen LogP contribution in [0.2, 0.25) is 0 Å². The minimum atomic E-state index is -4.67. The molecule has 1 N–H and O–H groups in total. The van der Waals surface area contributed by atoms with Gasteiger partial charge in [0.2, 0.25) is 0 Å². The Morgan fingerprint density at radius 2 is 2.06 bits per heavy atom. The lowest BCUT2D eigenvalue weighted by Gasteiger charge is -2.31. The molecule has 0 spiro atoms. The Balaban J connectivity index is 2.74. The lowest BCUT2D eigenvalue weighted by atomic mass is 10.0. The highest BCUT2D eigenvalue weighted by atomic mass is 19.4. The van der Waals surface area contributed by atoms with Crippen LogP contribution in [0.3, 0.4) is 0 Å². The van der Waals surface area contributed by atoms with Crippen molar-refractivity contribution in [3.63, 3.8) is 0 Å². The monoisotopic (exact) mass is 267 g/mol. The van der Waals surface area contributed by atoms with Crippen molar-refractivity contribution in [2.75, 3.05) is 13.1 Å². The highest BCUT2D eigenvalue weighted by Gasteiger charge is 2.46. The fourth-order valence-electron chi connectivity index (χ4n) is 2.50. The summed E-state index contributed by atoms with van der Waals surface area (Å²) in [6.07, 6.45) is -0.169. The summed E-state index contributed by atoms with van der Waals surface area (Å²) < 4.78 is 38.0. The molecule has 0 bridgehead atoms. The zero-order chi connectivity index (χ0) is 13.8. The van der Waals surface area contributed by atoms with Gasteiger partial charge in [-0.15, -0.1) is 0 Å². The summed E-state index contributed by atoms with van der Waals surface area (Å²) in [5, 5.41) is 8.72. The molecule has 1 rings (SSSR count). The maximum absolute atomic E-state index is 12.7. The van der Waals surface area contributed by atoms with Crippen LogP contribution < -0.4 is 0 Å². The van der Waals surface area contributed by atoms with E-state index in [1.807, 2.05) is 6.92 Å². The second kappa shape index (κ2) is 6.41. The van der Waals surface area contributed by atoms with Crippen LogP contribution in [-0.4, -0.2) is 41.3 Å². The Hall–Kier alpha value is -0.780. The van der Waals surface area contributed by atoms with Crippen LogP contribution in [0.15, 0.2) is 0 Å². The van der Waals surface area contributed by atoms with Crippen LogP contribution in [0.4, 0.5) is 13.2 Å². The first-order valence-electron chi connectivity index (χ1n) is 6.39. The molecule has 0 aromatic rings. The molecule has 1 fully saturated rings. The molecule has 0 aromatic carbocycles. The van der Waals surface area contributed by atoms with Crippen molar-refractivity contribution >= 4 is 5.97 Å². The van der Waals surface area contributed by atoms with Gasteiger partial charge in [-0.25, -0.2) is 0 Å². The minimum absolute atomic E-state index is 0.0803. The number of aliphatic carboxylic acids is 1. The Morgan fingerprint density at radius 3 is 2.56 bits per heavy atom. The van der Waals surface area contributed by atoms with Gasteiger partial charge in [0.1, 0.15) is 0 Å². The van der Waals surface area contributed by atoms with E-state index in [-0.39, 0.29) is 6.04 Å². The van der Waals surface area contributed by atoms with Crippen LogP contribution in [-0.2, 0) is 4.79 Å². The molecule has 0 amide bonds. The smallest absolute Gasteiger partial charge is 0.403 e. The lowest BCUT2D eigenvalue weighted by Crippen LogP contribution is -2.45. The molecule has 106 valence electrons. The van der Waals surface area contributed by atoms with Crippen molar-refractivity contribution in [1.82, 2.24) is 4.90 Å². The standard InChI is InChI=1S/C12H20F3NO2/c1-2-9-6-4-3-5-7-16(9)8-10(11(17)18)12(13,14)15/h9-10H,2-8H2,1H3,(H,17,18). The van der Waals surface area contributed by atoms with Gasteiger partial charge in [0, 0.05) is 12.6 Å². The molecule has 3 nitrogen and oxygen atoms in total. The number of hydrogen-bond donors (Lipinski definition) is 1. The molecular weight excluding hydrogens is 247 g/mol. The Labute approximate surface area is 105 Å².